The maximum absolute atomic E-state index is 13.9. The van der Waals surface area contributed by atoms with Crippen LogP contribution in [0.25, 0.3) is 0 Å². The summed E-state index contributed by atoms with van der Waals surface area (Å²) >= 11 is 11.7. The largest absolute Gasteiger partial charge is 0.323 e. The quantitative estimate of drug-likeness (QED) is 0.786. The minimum Gasteiger partial charge on any atom is -0.323 e. The molecule has 0 aliphatic rings. The summed E-state index contributed by atoms with van der Waals surface area (Å²) in [5.74, 6) is -6.17. The van der Waals surface area contributed by atoms with Gasteiger partial charge in [-0.2, -0.15) is 0 Å². The molecule has 0 radical (unpaired) electrons. The van der Waals surface area contributed by atoms with Crippen molar-refractivity contribution >= 4 is 46.4 Å². The first-order chi connectivity index (χ1) is 11.7. The number of nitrogens with one attached hydrogen (secondary N) is 1. The van der Waals surface area contributed by atoms with E-state index in [0.717, 1.165) is 13.0 Å². The van der Waals surface area contributed by atoms with Gasteiger partial charge in [0.1, 0.15) is 6.54 Å². The van der Waals surface area contributed by atoms with Crippen LogP contribution in [0.1, 0.15) is 6.92 Å². The van der Waals surface area contributed by atoms with Crippen LogP contribution >= 0.6 is 23.2 Å². The van der Waals surface area contributed by atoms with Crippen molar-refractivity contribution in [1.29, 1.82) is 0 Å². The molecule has 0 fully saturated rings. The zero-order chi connectivity index (χ0) is 18.7. The second-order valence-electron chi connectivity index (χ2n) is 4.97. The van der Waals surface area contributed by atoms with Crippen molar-refractivity contribution in [2.75, 3.05) is 16.8 Å². The highest BCUT2D eigenvalue weighted by Gasteiger charge is 2.23. The minimum atomic E-state index is -1.73. The van der Waals surface area contributed by atoms with Crippen molar-refractivity contribution in [1.82, 2.24) is 0 Å². The van der Waals surface area contributed by atoms with E-state index in [9.17, 15) is 22.8 Å². The molecule has 1 N–H and O–H groups in total. The number of hydrogen-bond acceptors (Lipinski definition) is 2. The molecule has 2 aromatic carbocycles. The van der Waals surface area contributed by atoms with Gasteiger partial charge in [0, 0.05) is 11.9 Å². The molecule has 0 aliphatic heterocycles. The van der Waals surface area contributed by atoms with E-state index in [-0.39, 0.29) is 10.7 Å². The zero-order valence-electron chi connectivity index (χ0n) is 12.7. The van der Waals surface area contributed by atoms with Gasteiger partial charge in [-0.05, 0) is 30.3 Å². The van der Waals surface area contributed by atoms with E-state index in [1.54, 1.807) is 0 Å². The third kappa shape index (κ3) is 4.43. The number of anilines is 2. The lowest BCUT2D eigenvalue weighted by Crippen LogP contribution is -2.37. The number of nitrogens with zero attached hydrogens (tertiary/aromatic N) is 1. The average molecular weight is 391 g/mol. The maximum Gasteiger partial charge on any atom is 0.244 e. The topological polar surface area (TPSA) is 49.4 Å². The first-order valence-corrected chi connectivity index (χ1v) is 7.62. The van der Waals surface area contributed by atoms with Gasteiger partial charge in [-0.15, -0.1) is 0 Å². The summed E-state index contributed by atoms with van der Waals surface area (Å²) in [6.45, 7) is 0.417. The van der Waals surface area contributed by atoms with Gasteiger partial charge in [-0.1, -0.05) is 23.2 Å². The molecule has 25 heavy (non-hydrogen) atoms. The molecule has 0 bridgehead atoms. The van der Waals surface area contributed by atoms with Crippen LogP contribution in [0, 0.1) is 17.5 Å². The van der Waals surface area contributed by atoms with Crippen LogP contribution in [0.4, 0.5) is 24.5 Å². The minimum absolute atomic E-state index is 0.188. The smallest absolute Gasteiger partial charge is 0.244 e. The van der Waals surface area contributed by atoms with Gasteiger partial charge in [0.15, 0.2) is 17.5 Å². The average Bonchev–Trinajstić information content (AvgIpc) is 2.54. The van der Waals surface area contributed by atoms with E-state index in [0.29, 0.717) is 16.0 Å². The van der Waals surface area contributed by atoms with E-state index in [1.807, 2.05) is 0 Å². The molecule has 2 amide bonds. The molecule has 0 unspecified atom stereocenters. The van der Waals surface area contributed by atoms with E-state index in [1.165, 1.54) is 18.2 Å². The lowest BCUT2D eigenvalue weighted by molar-refractivity contribution is -0.120. The standard InChI is InChI=1S/C16H11Cl2F3N2O2/c1-8(24)23(13-5-4-11(19)15(20)16(13)21)7-14(25)22-12-6-9(17)2-3-10(12)18/h2-6H,7H2,1H3,(H,22,25). The number of amides is 2. The Balaban J connectivity index is 2.25. The third-order valence-electron chi connectivity index (χ3n) is 3.19. The van der Waals surface area contributed by atoms with Gasteiger partial charge >= 0.3 is 0 Å². The van der Waals surface area contributed by atoms with Gasteiger partial charge in [-0.3, -0.25) is 9.59 Å². The summed E-state index contributed by atoms with van der Waals surface area (Å²) in [6.07, 6.45) is 0. The summed E-state index contributed by atoms with van der Waals surface area (Å²) in [5, 5.41) is 2.93. The molecule has 0 spiro atoms. The molecule has 0 aromatic heterocycles. The predicted molar refractivity (Wildman–Crippen MR) is 89.4 cm³/mol. The molecule has 2 rings (SSSR count). The molecule has 0 atom stereocenters. The van der Waals surface area contributed by atoms with Crippen LogP contribution in [-0.2, 0) is 9.59 Å². The third-order valence-corrected chi connectivity index (χ3v) is 3.75. The van der Waals surface area contributed by atoms with Gasteiger partial charge in [-0.25, -0.2) is 13.2 Å². The van der Waals surface area contributed by atoms with Crippen molar-refractivity contribution in [2.45, 2.75) is 6.92 Å². The molecule has 0 heterocycles. The van der Waals surface area contributed by atoms with Gasteiger partial charge < -0.3 is 10.2 Å². The van der Waals surface area contributed by atoms with Crippen LogP contribution in [0.5, 0.6) is 0 Å². The van der Waals surface area contributed by atoms with Gasteiger partial charge in [0.2, 0.25) is 11.8 Å². The fourth-order valence-corrected chi connectivity index (χ4v) is 2.35. The second kappa shape index (κ2) is 7.76. The molecule has 4 nitrogen and oxygen atoms in total. The molecular formula is C16H11Cl2F3N2O2. The van der Waals surface area contributed by atoms with Crippen LogP contribution in [0.2, 0.25) is 10.0 Å². The number of carbonyl (C=O) groups excluding carboxylic acids is 2. The Kier molecular flexibility index (Phi) is 5.92. The fourth-order valence-electron chi connectivity index (χ4n) is 2.02. The Hall–Kier alpha value is -2.25. The molecule has 0 saturated carbocycles. The van der Waals surface area contributed by atoms with E-state index in [2.05, 4.69) is 5.32 Å². The summed E-state index contributed by atoms with van der Waals surface area (Å²) in [5.41, 5.74) is -0.368. The highest BCUT2D eigenvalue weighted by molar-refractivity contribution is 6.35. The Morgan fingerprint density at radius 3 is 2.40 bits per heavy atom. The molecular weight excluding hydrogens is 380 g/mol. The number of rotatable bonds is 4. The summed E-state index contributed by atoms with van der Waals surface area (Å²) < 4.78 is 40.3. The van der Waals surface area contributed by atoms with Crippen molar-refractivity contribution < 1.29 is 22.8 Å². The summed E-state index contributed by atoms with van der Waals surface area (Å²) in [4.78, 5) is 24.5. The first kappa shape index (κ1) is 19.1. The molecule has 0 aliphatic carbocycles. The first-order valence-electron chi connectivity index (χ1n) is 6.87. The Morgan fingerprint density at radius 1 is 1.08 bits per heavy atom. The summed E-state index contributed by atoms with van der Waals surface area (Å²) in [6, 6.07) is 5.89. The molecule has 2 aromatic rings. The SMILES string of the molecule is CC(=O)N(CC(=O)Nc1cc(Cl)ccc1Cl)c1ccc(F)c(F)c1F. The summed E-state index contributed by atoms with van der Waals surface area (Å²) in [7, 11) is 0. The Morgan fingerprint density at radius 2 is 1.76 bits per heavy atom. The number of benzene rings is 2. The van der Waals surface area contributed by atoms with E-state index < -0.39 is 41.5 Å². The van der Waals surface area contributed by atoms with Crippen LogP contribution in [0.3, 0.4) is 0 Å². The fraction of sp³-hybridized carbons (Fsp3) is 0.125. The number of carbonyl (C=O) groups is 2. The van der Waals surface area contributed by atoms with Crippen molar-refractivity contribution in [3.63, 3.8) is 0 Å². The lowest BCUT2D eigenvalue weighted by atomic mass is 10.2. The highest BCUT2D eigenvalue weighted by atomic mass is 35.5. The number of hydrogen-bond donors (Lipinski definition) is 1. The van der Waals surface area contributed by atoms with Crippen molar-refractivity contribution in [3.8, 4) is 0 Å². The van der Waals surface area contributed by atoms with Gasteiger partial charge in [0.25, 0.3) is 0 Å². The van der Waals surface area contributed by atoms with Crippen molar-refractivity contribution in [2.24, 2.45) is 0 Å². The lowest BCUT2D eigenvalue weighted by Gasteiger charge is -2.21. The normalized spacial score (nSPS) is 10.5. The van der Waals surface area contributed by atoms with E-state index >= 15 is 0 Å². The monoisotopic (exact) mass is 390 g/mol. The van der Waals surface area contributed by atoms with Crippen LogP contribution in [0.15, 0.2) is 30.3 Å². The van der Waals surface area contributed by atoms with Crippen molar-refractivity contribution in [3.05, 3.63) is 57.8 Å². The molecule has 132 valence electrons. The Labute approximate surface area is 151 Å². The van der Waals surface area contributed by atoms with Crippen LogP contribution in [-0.4, -0.2) is 18.4 Å². The Bertz CT molecular complexity index is 846. The predicted octanol–water partition coefficient (Wildman–Crippen LogP) is 4.40. The number of halogens is 5. The molecule has 0 saturated heterocycles. The van der Waals surface area contributed by atoms with E-state index in [4.69, 9.17) is 23.2 Å². The maximum atomic E-state index is 13.9. The zero-order valence-corrected chi connectivity index (χ0v) is 14.3. The van der Waals surface area contributed by atoms with Crippen LogP contribution < -0.4 is 10.2 Å². The molecule has 9 heteroatoms. The second-order valence-corrected chi connectivity index (χ2v) is 5.82. The highest BCUT2D eigenvalue weighted by Crippen LogP contribution is 2.26. The van der Waals surface area contributed by atoms with Gasteiger partial charge in [0.05, 0.1) is 16.4 Å².